The second-order valence-corrected chi connectivity index (χ2v) is 5.70. The van der Waals surface area contributed by atoms with E-state index in [1.807, 2.05) is 0 Å². The molecule has 0 saturated carbocycles. The maximum Gasteiger partial charge on any atom is 0.178 e. The van der Waals surface area contributed by atoms with Crippen LogP contribution in [0.5, 0.6) is 0 Å². The second kappa shape index (κ2) is 3.53. The van der Waals surface area contributed by atoms with Gasteiger partial charge in [0, 0.05) is 13.4 Å². The molecule has 0 aliphatic rings. The monoisotopic (exact) mass is 194 g/mol. The van der Waals surface area contributed by atoms with E-state index in [4.69, 9.17) is 0 Å². The third kappa shape index (κ3) is 2.28. The van der Waals surface area contributed by atoms with Crippen LogP contribution < -0.4 is 0 Å². The Morgan fingerprint density at radius 1 is 1.42 bits per heavy atom. The Labute approximate surface area is 72.8 Å². The lowest BCUT2D eigenvalue weighted by Gasteiger charge is -2.19. The molecule has 4 nitrogen and oxygen atoms in total. The lowest BCUT2D eigenvalue weighted by molar-refractivity contribution is -0.124. The molecule has 5 heteroatoms. The van der Waals surface area contributed by atoms with Crippen LogP contribution in [0.15, 0.2) is 0 Å². The topological polar surface area (TPSA) is 60.4 Å². The summed E-state index contributed by atoms with van der Waals surface area (Å²) in [6, 6.07) is 0. The first-order chi connectivity index (χ1) is 5.23. The molecule has 72 valence electrons. The van der Waals surface area contributed by atoms with Gasteiger partial charge >= 0.3 is 0 Å². The average molecular weight is 194 g/mol. The molecule has 0 radical (unpaired) electrons. The van der Waals surface area contributed by atoms with Crippen LogP contribution in [-0.4, -0.2) is 38.9 Å². The van der Waals surface area contributed by atoms with Gasteiger partial charge in [0.1, 0.15) is 11.4 Å². The van der Waals surface area contributed by atoms with E-state index >= 15 is 0 Å². The standard InChI is InChI=1S/C7H14O4S/c1-7(2,12(4,9)10)6(8)5-11-3/h5H2,1-4H3. The van der Waals surface area contributed by atoms with E-state index in [9.17, 15) is 13.2 Å². The minimum absolute atomic E-state index is 0.167. The van der Waals surface area contributed by atoms with Crippen molar-refractivity contribution >= 4 is 15.6 Å². The molecule has 0 fully saturated rings. The summed E-state index contributed by atoms with van der Waals surface area (Å²) in [5.41, 5.74) is 0. The molecule has 0 aromatic heterocycles. The number of ether oxygens (including phenoxy) is 1. The zero-order chi connectivity index (χ0) is 9.99. The summed E-state index contributed by atoms with van der Waals surface area (Å²) in [6.45, 7) is 2.59. The molecule has 0 amide bonds. The molecule has 0 bridgehead atoms. The van der Waals surface area contributed by atoms with E-state index in [0.29, 0.717) is 0 Å². The average Bonchev–Trinajstić information content (AvgIpc) is 1.85. The predicted octanol–water partition coefficient (Wildman–Crippen LogP) is 0.0251. The lowest BCUT2D eigenvalue weighted by Crippen LogP contribution is -2.42. The second-order valence-electron chi connectivity index (χ2n) is 3.14. The van der Waals surface area contributed by atoms with Crippen LogP contribution in [0.3, 0.4) is 0 Å². The fraction of sp³-hybridized carbons (Fsp3) is 0.857. The largest absolute Gasteiger partial charge is 0.377 e. The molecule has 0 aliphatic heterocycles. The van der Waals surface area contributed by atoms with Crippen LogP contribution in [-0.2, 0) is 19.4 Å². The summed E-state index contributed by atoms with van der Waals surface area (Å²) < 4.78 is 25.4. The molecule has 0 aromatic rings. The Morgan fingerprint density at radius 3 is 2.08 bits per heavy atom. The van der Waals surface area contributed by atoms with E-state index in [0.717, 1.165) is 6.26 Å². The lowest BCUT2D eigenvalue weighted by atomic mass is 10.1. The summed E-state index contributed by atoms with van der Waals surface area (Å²) in [5.74, 6) is -0.424. The highest BCUT2D eigenvalue weighted by molar-refractivity contribution is 7.92. The number of carbonyl (C=O) groups excluding carboxylic acids is 1. The van der Waals surface area contributed by atoms with Crippen LogP contribution in [0.4, 0.5) is 0 Å². The van der Waals surface area contributed by atoms with Crippen molar-refractivity contribution in [1.82, 2.24) is 0 Å². The molecular formula is C7H14O4S. The number of sulfone groups is 1. The van der Waals surface area contributed by atoms with Gasteiger partial charge in [-0.15, -0.1) is 0 Å². The number of hydrogen-bond donors (Lipinski definition) is 0. The molecule has 0 saturated heterocycles. The van der Waals surface area contributed by atoms with Crippen LogP contribution >= 0.6 is 0 Å². The smallest absolute Gasteiger partial charge is 0.178 e. The zero-order valence-electron chi connectivity index (χ0n) is 7.75. The maximum atomic E-state index is 11.2. The van der Waals surface area contributed by atoms with Gasteiger partial charge in [-0.3, -0.25) is 4.79 Å². The third-order valence-corrected chi connectivity index (χ3v) is 3.96. The van der Waals surface area contributed by atoms with Gasteiger partial charge in [0.05, 0.1) is 0 Å². The van der Waals surface area contributed by atoms with Crippen molar-refractivity contribution < 1.29 is 17.9 Å². The van der Waals surface area contributed by atoms with Crippen LogP contribution in [0, 0.1) is 0 Å². The number of ketones is 1. The van der Waals surface area contributed by atoms with Crippen LogP contribution in [0.2, 0.25) is 0 Å². The minimum atomic E-state index is -3.35. The van der Waals surface area contributed by atoms with Gasteiger partial charge in [-0.2, -0.15) is 0 Å². The summed E-state index contributed by atoms with van der Waals surface area (Å²) in [6.07, 6.45) is 1.04. The van der Waals surface area contributed by atoms with Crippen molar-refractivity contribution in [1.29, 1.82) is 0 Å². The SMILES string of the molecule is COCC(=O)C(C)(C)S(C)(=O)=O. The fourth-order valence-electron chi connectivity index (χ4n) is 0.512. The van der Waals surface area contributed by atoms with Gasteiger partial charge in [0.25, 0.3) is 0 Å². The molecule has 0 atom stereocenters. The van der Waals surface area contributed by atoms with E-state index in [2.05, 4.69) is 4.74 Å². The first kappa shape index (κ1) is 11.6. The van der Waals surface area contributed by atoms with Gasteiger partial charge in [0.2, 0.25) is 0 Å². The van der Waals surface area contributed by atoms with Gasteiger partial charge in [0.15, 0.2) is 15.6 Å². The molecule has 0 unspecified atom stereocenters. The number of rotatable bonds is 4. The first-order valence-corrected chi connectivity index (χ1v) is 5.34. The Kier molecular flexibility index (Phi) is 3.41. The quantitative estimate of drug-likeness (QED) is 0.633. The van der Waals surface area contributed by atoms with E-state index in [-0.39, 0.29) is 6.61 Å². The predicted molar refractivity (Wildman–Crippen MR) is 45.8 cm³/mol. The number of carbonyl (C=O) groups is 1. The van der Waals surface area contributed by atoms with Crippen molar-refractivity contribution in [2.75, 3.05) is 20.0 Å². The van der Waals surface area contributed by atoms with Crippen molar-refractivity contribution in [2.45, 2.75) is 18.6 Å². The molecule has 0 heterocycles. The van der Waals surface area contributed by atoms with Crippen molar-refractivity contribution in [3.05, 3.63) is 0 Å². The Balaban J connectivity index is 4.75. The van der Waals surface area contributed by atoms with Gasteiger partial charge in [-0.1, -0.05) is 0 Å². The number of Topliss-reactive ketones (excluding diaryl/α,β-unsaturated/α-hetero) is 1. The molecule has 0 aromatic carbocycles. The molecular weight excluding hydrogens is 180 g/mol. The van der Waals surface area contributed by atoms with Crippen molar-refractivity contribution in [3.8, 4) is 0 Å². The van der Waals surface area contributed by atoms with Gasteiger partial charge < -0.3 is 4.74 Å². The van der Waals surface area contributed by atoms with E-state index < -0.39 is 20.4 Å². The third-order valence-electron chi connectivity index (χ3n) is 1.87. The van der Waals surface area contributed by atoms with E-state index in [1.54, 1.807) is 0 Å². The fourth-order valence-corrected chi connectivity index (χ4v) is 0.984. The number of hydrogen-bond acceptors (Lipinski definition) is 4. The summed E-state index contributed by atoms with van der Waals surface area (Å²) in [7, 11) is -2.00. The normalized spacial score (nSPS) is 13.0. The highest BCUT2D eigenvalue weighted by Gasteiger charge is 2.37. The van der Waals surface area contributed by atoms with Crippen molar-refractivity contribution in [2.24, 2.45) is 0 Å². The van der Waals surface area contributed by atoms with Gasteiger partial charge in [-0.05, 0) is 13.8 Å². The summed E-state index contributed by atoms with van der Waals surface area (Å²) >= 11 is 0. The molecule has 0 rings (SSSR count). The molecule has 0 aliphatic carbocycles. The molecule has 0 N–H and O–H groups in total. The van der Waals surface area contributed by atoms with Crippen LogP contribution in [0.25, 0.3) is 0 Å². The van der Waals surface area contributed by atoms with E-state index in [1.165, 1.54) is 21.0 Å². The Morgan fingerprint density at radius 2 is 1.83 bits per heavy atom. The Hall–Kier alpha value is -0.420. The summed E-state index contributed by atoms with van der Waals surface area (Å²) in [5, 5.41) is 0. The zero-order valence-corrected chi connectivity index (χ0v) is 8.56. The highest BCUT2D eigenvalue weighted by atomic mass is 32.2. The molecule has 0 spiro atoms. The minimum Gasteiger partial charge on any atom is -0.377 e. The number of methoxy groups -OCH3 is 1. The maximum absolute atomic E-state index is 11.2. The first-order valence-electron chi connectivity index (χ1n) is 3.45. The molecule has 12 heavy (non-hydrogen) atoms. The highest BCUT2D eigenvalue weighted by Crippen LogP contribution is 2.16. The van der Waals surface area contributed by atoms with Crippen molar-refractivity contribution in [3.63, 3.8) is 0 Å². The van der Waals surface area contributed by atoms with Gasteiger partial charge in [-0.25, -0.2) is 8.42 Å². The Bertz CT molecular complexity index is 263. The summed E-state index contributed by atoms with van der Waals surface area (Å²) in [4.78, 5) is 11.2. The van der Waals surface area contributed by atoms with Crippen LogP contribution in [0.1, 0.15) is 13.8 Å².